The Kier molecular flexibility index (Phi) is 25.0. The standard InChI is InChI=1S/C26H51ClO/c1-2-3-4-5-6-7-8-9-10-11-12-13-14-15-16-17-20-23-26(28)24-21-18-19-22-25-27/h2-25H2,1H3. The Labute approximate surface area is 182 Å². The zero-order chi connectivity index (χ0) is 20.5. The first-order valence-electron chi connectivity index (χ1n) is 12.9. The fraction of sp³-hybridized carbons (Fsp3) is 0.962. The molecule has 0 aliphatic carbocycles. The zero-order valence-electron chi connectivity index (χ0n) is 19.3. The third-order valence-electron chi connectivity index (χ3n) is 5.90. The fourth-order valence-electron chi connectivity index (χ4n) is 3.94. The lowest BCUT2D eigenvalue weighted by Crippen LogP contribution is -1.97. The molecule has 0 N–H and O–H groups in total. The number of carbonyl (C=O) groups is 1. The number of carbonyl (C=O) groups excluding carboxylic acids is 1. The molecule has 0 amide bonds. The molecule has 0 rings (SSSR count). The highest BCUT2D eigenvalue weighted by molar-refractivity contribution is 6.17. The molecule has 0 saturated heterocycles. The number of halogens is 1. The van der Waals surface area contributed by atoms with Crippen LogP contribution >= 0.6 is 11.6 Å². The van der Waals surface area contributed by atoms with Crippen LogP contribution < -0.4 is 0 Å². The molecule has 2 heteroatoms. The molecule has 0 aromatic carbocycles. The summed E-state index contributed by atoms with van der Waals surface area (Å²) >= 11 is 5.66. The molecule has 0 fully saturated rings. The van der Waals surface area contributed by atoms with E-state index in [1.165, 1.54) is 109 Å². The van der Waals surface area contributed by atoms with Crippen molar-refractivity contribution in [2.75, 3.05) is 5.88 Å². The number of rotatable bonds is 24. The van der Waals surface area contributed by atoms with Gasteiger partial charge in [0.1, 0.15) is 5.78 Å². The van der Waals surface area contributed by atoms with Crippen LogP contribution in [0, 0.1) is 0 Å². The average Bonchev–Trinajstić information content (AvgIpc) is 2.70. The van der Waals surface area contributed by atoms with E-state index < -0.39 is 0 Å². The van der Waals surface area contributed by atoms with E-state index in [9.17, 15) is 4.79 Å². The smallest absolute Gasteiger partial charge is 0.132 e. The molecule has 0 aliphatic rings. The highest BCUT2D eigenvalue weighted by Gasteiger charge is 2.02. The molecule has 0 bridgehead atoms. The molecule has 28 heavy (non-hydrogen) atoms. The van der Waals surface area contributed by atoms with E-state index in [0.29, 0.717) is 5.78 Å². The maximum Gasteiger partial charge on any atom is 0.132 e. The lowest BCUT2D eigenvalue weighted by atomic mass is 10.0. The van der Waals surface area contributed by atoms with E-state index in [2.05, 4.69) is 6.92 Å². The normalized spacial score (nSPS) is 11.2. The minimum atomic E-state index is 0.479. The second-order valence-electron chi connectivity index (χ2n) is 8.80. The van der Waals surface area contributed by atoms with Crippen LogP contribution in [0.2, 0.25) is 0 Å². The fourth-order valence-corrected chi connectivity index (χ4v) is 4.13. The number of hydrogen-bond donors (Lipinski definition) is 0. The van der Waals surface area contributed by atoms with Crippen LogP contribution in [0.4, 0.5) is 0 Å². The summed E-state index contributed by atoms with van der Waals surface area (Å²) in [5.41, 5.74) is 0. The molecular formula is C26H51ClO. The third-order valence-corrected chi connectivity index (χ3v) is 6.17. The molecule has 0 aromatic rings. The van der Waals surface area contributed by atoms with Crippen molar-refractivity contribution in [3.63, 3.8) is 0 Å². The minimum absolute atomic E-state index is 0.479. The van der Waals surface area contributed by atoms with E-state index in [1.807, 2.05) is 0 Å². The molecule has 0 unspecified atom stereocenters. The largest absolute Gasteiger partial charge is 0.300 e. The molecule has 0 saturated carbocycles. The van der Waals surface area contributed by atoms with Gasteiger partial charge < -0.3 is 0 Å². The van der Waals surface area contributed by atoms with Crippen molar-refractivity contribution in [3.8, 4) is 0 Å². The summed E-state index contributed by atoms with van der Waals surface area (Å²) in [6.45, 7) is 2.29. The summed E-state index contributed by atoms with van der Waals surface area (Å²) in [5.74, 6) is 1.24. The predicted molar refractivity (Wildman–Crippen MR) is 128 cm³/mol. The van der Waals surface area contributed by atoms with Gasteiger partial charge in [-0.1, -0.05) is 122 Å². The molecule has 0 heterocycles. The number of unbranched alkanes of at least 4 members (excludes halogenated alkanes) is 19. The monoisotopic (exact) mass is 414 g/mol. The summed E-state index contributed by atoms with van der Waals surface area (Å²) in [7, 11) is 0. The van der Waals surface area contributed by atoms with Gasteiger partial charge >= 0.3 is 0 Å². The second kappa shape index (κ2) is 25.0. The topological polar surface area (TPSA) is 17.1 Å². The van der Waals surface area contributed by atoms with Crippen molar-refractivity contribution in [2.24, 2.45) is 0 Å². The first kappa shape index (κ1) is 28.0. The summed E-state index contributed by atoms with van der Waals surface area (Å²) < 4.78 is 0. The lowest BCUT2D eigenvalue weighted by Gasteiger charge is -2.04. The first-order chi connectivity index (χ1) is 13.8. The van der Waals surface area contributed by atoms with E-state index in [-0.39, 0.29) is 0 Å². The Bertz CT molecular complexity index is 303. The third kappa shape index (κ3) is 24.0. The van der Waals surface area contributed by atoms with E-state index in [4.69, 9.17) is 11.6 Å². The molecule has 0 aromatic heterocycles. The Morgan fingerprint density at radius 1 is 0.464 bits per heavy atom. The van der Waals surface area contributed by atoms with Gasteiger partial charge in [0.25, 0.3) is 0 Å². The second-order valence-corrected chi connectivity index (χ2v) is 9.18. The van der Waals surface area contributed by atoms with E-state index in [1.54, 1.807) is 0 Å². The summed E-state index contributed by atoms with van der Waals surface area (Å²) in [6.07, 6.45) is 29.8. The summed E-state index contributed by atoms with van der Waals surface area (Å²) in [6, 6.07) is 0. The number of ketones is 1. The summed E-state index contributed by atoms with van der Waals surface area (Å²) in [4.78, 5) is 11.8. The number of hydrogen-bond acceptors (Lipinski definition) is 1. The van der Waals surface area contributed by atoms with Crippen LogP contribution in [-0.4, -0.2) is 11.7 Å². The van der Waals surface area contributed by atoms with Crippen molar-refractivity contribution >= 4 is 17.4 Å². The van der Waals surface area contributed by atoms with Crippen molar-refractivity contribution in [3.05, 3.63) is 0 Å². The van der Waals surface area contributed by atoms with Crippen LogP contribution in [-0.2, 0) is 4.79 Å². The molecular weight excluding hydrogens is 364 g/mol. The van der Waals surface area contributed by atoms with Gasteiger partial charge in [-0.2, -0.15) is 0 Å². The molecule has 0 spiro atoms. The Hall–Kier alpha value is -0.0400. The zero-order valence-corrected chi connectivity index (χ0v) is 20.0. The Balaban J connectivity index is 3.09. The van der Waals surface area contributed by atoms with Crippen molar-refractivity contribution in [2.45, 2.75) is 155 Å². The highest BCUT2D eigenvalue weighted by Crippen LogP contribution is 2.15. The maximum atomic E-state index is 11.8. The molecule has 0 aliphatic heterocycles. The Morgan fingerprint density at radius 2 is 0.750 bits per heavy atom. The molecule has 0 atom stereocenters. The quantitative estimate of drug-likeness (QED) is 0.113. The molecule has 0 radical (unpaired) electrons. The summed E-state index contributed by atoms with van der Waals surface area (Å²) in [5, 5.41) is 0. The van der Waals surface area contributed by atoms with Gasteiger partial charge in [0, 0.05) is 18.7 Å². The van der Waals surface area contributed by atoms with Gasteiger partial charge in [-0.05, 0) is 19.3 Å². The maximum absolute atomic E-state index is 11.8. The lowest BCUT2D eigenvalue weighted by molar-refractivity contribution is -0.119. The SMILES string of the molecule is CCCCCCCCCCCCCCCCCCCC(=O)CCCCCCCl. The average molecular weight is 415 g/mol. The van der Waals surface area contributed by atoms with Gasteiger partial charge in [-0.25, -0.2) is 0 Å². The molecule has 168 valence electrons. The van der Waals surface area contributed by atoms with Gasteiger partial charge in [0.15, 0.2) is 0 Å². The number of alkyl halides is 1. The number of Topliss-reactive ketones (excluding diaryl/α,β-unsaturated/α-hetero) is 1. The first-order valence-corrected chi connectivity index (χ1v) is 13.4. The van der Waals surface area contributed by atoms with Crippen LogP contribution in [0.3, 0.4) is 0 Å². The Morgan fingerprint density at radius 3 is 1.07 bits per heavy atom. The van der Waals surface area contributed by atoms with Gasteiger partial charge in [-0.3, -0.25) is 4.79 Å². The minimum Gasteiger partial charge on any atom is -0.300 e. The highest BCUT2D eigenvalue weighted by atomic mass is 35.5. The van der Waals surface area contributed by atoms with Gasteiger partial charge in [0.2, 0.25) is 0 Å². The van der Waals surface area contributed by atoms with E-state index >= 15 is 0 Å². The van der Waals surface area contributed by atoms with Crippen LogP contribution in [0.15, 0.2) is 0 Å². The van der Waals surface area contributed by atoms with E-state index in [0.717, 1.165) is 44.4 Å². The van der Waals surface area contributed by atoms with Crippen molar-refractivity contribution in [1.29, 1.82) is 0 Å². The van der Waals surface area contributed by atoms with Gasteiger partial charge in [0.05, 0.1) is 0 Å². The predicted octanol–water partition coefficient (Wildman–Crippen LogP) is 9.79. The van der Waals surface area contributed by atoms with Crippen LogP contribution in [0.5, 0.6) is 0 Å². The van der Waals surface area contributed by atoms with Gasteiger partial charge in [-0.15, -0.1) is 11.6 Å². The molecule has 1 nitrogen and oxygen atoms in total. The van der Waals surface area contributed by atoms with Crippen LogP contribution in [0.1, 0.15) is 155 Å². The van der Waals surface area contributed by atoms with Crippen molar-refractivity contribution < 1.29 is 4.79 Å². The van der Waals surface area contributed by atoms with Crippen LogP contribution in [0.25, 0.3) is 0 Å². The van der Waals surface area contributed by atoms with Crippen molar-refractivity contribution in [1.82, 2.24) is 0 Å².